The van der Waals surface area contributed by atoms with E-state index in [1.54, 1.807) is 7.05 Å². The lowest BCUT2D eigenvalue weighted by Gasteiger charge is -2.11. The number of aryl methyl sites for hydroxylation is 1. The van der Waals surface area contributed by atoms with E-state index >= 15 is 0 Å². The molecular formula is C11H11F2N3O. The van der Waals surface area contributed by atoms with Gasteiger partial charge in [0.25, 0.3) is 0 Å². The first-order valence-electron chi connectivity index (χ1n) is 4.85. The van der Waals surface area contributed by atoms with Gasteiger partial charge in [-0.2, -0.15) is 5.10 Å². The second-order valence-electron chi connectivity index (χ2n) is 3.54. The molecule has 0 amide bonds. The molecule has 0 saturated carbocycles. The average Bonchev–Trinajstić information content (AvgIpc) is 2.59. The molecule has 0 saturated heterocycles. The number of anilines is 1. The first-order chi connectivity index (χ1) is 8.04. The van der Waals surface area contributed by atoms with E-state index in [1.165, 1.54) is 18.0 Å². The van der Waals surface area contributed by atoms with E-state index in [0.29, 0.717) is 11.4 Å². The maximum absolute atomic E-state index is 13.8. The number of benzene rings is 1. The normalized spacial score (nSPS) is 10.6. The molecule has 1 aromatic carbocycles. The van der Waals surface area contributed by atoms with Crippen LogP contribution in [0.15, 0.2) is 18.3 Å². The molecule has 1 aromatic heterocycles. The third-order valence-electron chi connectivity index (χ3n) is 2.44. The van der Waals surface area contributed by atoms with E-state index in [2.05, 4.69) is 5.10 Å². The van der Waals surface area contributed by atoms with Gasteiger partial charge in [0, 0.05) is 19.2 Å². The van der Waals surface area contributed by atoms with Crippen LogP contribution in [0.3, 0.4) is 0 Å². The first kappa shape index (κ1) is 11.4. The van der Waals surface area contributed by atoms with Crippen LogP contribution in [0.1, 0.15) is 0 Å². The summed E-state index contributed by atoms with van der Waals surface area (Å²) in [5.74, 6) is -1.36. The fourth-order valence-electron chi connectivity index (χ4n) is 1.70. The molecule has 0 radical (unpaired) electrons. The smallest absolute Gasteiger partial charge is 0.139 e. The number of hydrogen-bond donors (Lipinski definition) is 1. The van der Waals surface area contributed by atoms with Gasteiger partial charge in [-0.3, -0.25) is 4.68 Å². The summed E-state index contributed by atoms with van der Waals surface area (Å²) < 4.78 is 33.2. The second-order valence-corrected chi connectivity index (χ2v) is 3.54. The molecule has 90 valence electrons. The molecule has 0 unspecified atom stereocenters. The molecule has 0 spiro atoms. The van der Waals surface area contributed by atoms with Crippen molar-refractivity contribution >= 4 is 5.69 Å². The number of rotatable bonds is 2. The summed E-state index contributed by atoms with van der Waals surface area (Å²) in [6.07, 6.45) is 1.40. The number of hydrogen-bond acceptors (Lipinski definition) is 3. The van der Waals surface area contributed by atoms with Crippen molar-refractivity contribution in [3.8, 4) is 17.0 Å². The maximum Gasteiger partial charge on any atom is 0.139 e. The molecule has 0 aliphatic rings. The predicted molar refractivity (Wildman–Crippen MR) is 59.5 cm³/mol. The second kappa shape index (κ2) is 4.04. The van der Waals surface area contributed by atoms with Crippen molar-refractivity contribution < 1.29 is 13.5 Å². The fourth-order valence-corrected chi connectivity index (χ4v) is 1.70. The van der Waals surface area contributed by atoms with E-state index in [4.69, 9.17) is 10.5 Å². The standard InChI is InChI=1S/C11H11F2N3O/c1-16-11(8(14)5-15-16)10-7(13)3-6(12)4-9(10)17-2/h3-5H,14H2,1-2H3. The Bertz CT molecular complexity index is 547. The monoisotopic (exact) mass is 239 g/mol. The van der Waals surface area contributed by atoms with Crippen molar-refractivity contribution in [3.63, 3.8) is 0 Å². The molecule has 0 atom stereocenters. The zero-order valence-electron chi connectivity index (χ0n) is 9.37. The van der Waals surface area contributed by atoms with Crippen molar-refractivity contribution in [3.05, 3.63) is 30.0 Å². The highest BCUT2D eigenvalue weighted by Gasteiger charge is 2.19. The van der Waals surface area contributed by atoms with Gasteiger partial charge in [0.05, 0.1) is 30.3 Å². The van der Waals surface area contributed by atoms with Crippen LogP contribution in [0.2, 0.25) is 0 Å². The van der Waals surface area contributed by atoms with Gasteiger partial charge in [0.1, 0.15) is 17.4 Å². The van der Waals surface area contributed by atoms with Crippen LogP contribution in [0.5, 0.6) is 5.75 Å². The summed E-state index contributed by atoms with van der Waals surface area (Å²) in [5, 5.41) is 3.91. The van der Waals surface area contributed by atoms with Gasteiger partial charge in [0.2, 0.25) is 0 Å². The molecule has 0 fully saturated rings. The summed E-state index contributed by atoms with van der Waals surface area (Å²) in [6.45, 7) is 0. The molecule has 0 bridgehead atoms. The highest BCUT2D eigenvalue weighted by molar-refractivity contribution is 5.77. The summed E-state index contributed by atoms with van der Waals surface area (Å²) in [5.41, 5.74) is 6.47. The lowest BCUT2D eigenvalue weighted by Crippen LogP contribution is -2.01. The van der Waals surface area contributed by atoms with Gasteiger partial charge in [-0.05, 0) is 0 Å². The zero-order valence-corrected chi connectivity index (χ0v) is 9.37. The Morgan fingerprint density at radius 3 is 2.59 bits per heavy atom. The number of ether oxygens (including phenoxy) is 1. The van der Waals surface area contributed by atoms with Crippen LogP contribution in [0, 0.1) is 11.6 Å². The Kier molecular flexibility index (Phi) is 2.71. The van der Waals surface area contributed by atoms with E-state index in [1.807, 2.05) is 0 Å². The van der Waals surface area contributed by atoms with Crippen LogP contribution in [0.4, 0.5) is 14.5 Å². The van der Waals surface area contributed by atoms with Crippen LogP contribution in [0.25, 0.3) is 11.3 Å². The molecular weight excluding hydrogens is 228 g/mol. The van der Waals surface area contributed by atoms with Crippen LogP contribution < -0.4 is 10.5 Å². The summed E-state index contributed by atoms with van der Waals surface area (Å²) in [7, 11) is 2.96. The van der Waals surface area contributed by atoms with Crippen molar-refractivity contribution in [1.82, 2.24) is 9.78 Å². The van der Waals surface area contributed by atoms with Gasteiger partial charge in [-0.25, -0.2) is 8.78 Å². The highest BCUT2D eigenvalue weighted by Crippen LogP contribution is 2.36. The number of nitrogens with zero attached hydrogens (tertiary/aromatic N) is 2. The topological polar surface area (TPSA) is 53.1 Å². The predicted octanol–water partition coefficient (Wildman–Crippen LogP) is 1.96. The first-order valence-corrected chi connectivity index (χ1v) is 4.85. The zero-order chi connectivity index (χ0) is 12.6. The molecule has 4 nitrogen and oxygen atoms in total. The quantitative estimate of drug-likeness (QED) is 0.871. The Morgan fingerprint density at radius 1 is 1.35 bits per heavy atom. The summed E-state index contributed by atoms with van der Waals surface area (Å²) in [6, 6.07) is 1.88. The number of nitrogens with two attached hydrogens (primary N) is 1. The van der Waals surface area contributed by atoms with E-state index in [0.717, 1.165) is 12.1 Å². The van der Waals surface area contributed by atoms with Crippen molar-refractivity contribution in [2.75, 3.05) is 12.8 Å². The summed E-state index contributed by atoms with van der Waals surface area (Å²) in [4.78, 5) is 0. The fraction of sp³-hybridized carbons (Fsp3) is 0.182. The van der Waals surface area contributed by atoms with Crippen molar-refractivity contribution in [2.24, 2.45) is 7.05 Å². The van der Waals surface area contributed by atoms with E-state index in [-0.39, 0.29) is 11.3 Å². The SMILES string of the molecule is COc1cc(F)cc(F)c1-c1c(N)cnn1C. The molecule has 0 aliphatic carbocycles. The van der Waals surface area contributed by atoms with E-state index < -0.39 is 11.6 Å². The number of nitrogen functional groups attached to an aromatic ring is 1. The van der Waals surface area contributed by atoms with Crippen LogP contribution in [-0.2, 0) is 7.05 Å². The highest BCUT2D eigenvalue weighted by atomic mass is 19.1. The van der Waals surface area contributed by atoms with Crippen LogP contribution >= 0.6 is 0 Å². The Labute approximate surface area is 96.6 Å². The maximum atomic E-state index is 13.8. The molecule has 0 aliphatic heterocycles. The Hall–Kier alpha value is -2.11. The summed E-state index contributed by atoms with van der Waals surface area (Å²) >= 11 is 0. The molecule has 2 rings (SSSR count). The van der Waals surface area contributed by atoms with Gasteiger partial charge in [-0.15, -0.1) is 0 Å². The van der Waals surface area contributed by atoms with Gasteiger partial charge < -0.3 is 10.5 Å². The van der Waals surface area contributed by atoms with Crippen molar-refractivity contribution in [2.45, 2.75) is 0 Å². The minimum atomic E-state index is -0.739. The van der Waals surface area contributed by atoms with Gasteiger partial charge in [-0.1, -0.05) is 0 Å². The number of halogens is 2. The Morgan fingerprint density at radius 2 is 2.06 bits per heavy atom. The lowest BCUT2D eigenvalue weighted by molar-refractivity contribution is 0.408. The largest absolute Gasteiger partial charge is 0.496 e. The third-order valence-corrected chi connectivity index (χ3v) is 2.44. The van der Waals surface area contributed by atoms with E-state index in [9.17, 15) is 8.78 Å². The number of aromatic nitrogens is 2. The Balaban J connectivity index is 2.75. The minimum Gasteiger partial charge on any atom is -0.496 e. The molecule has 2 aromatic rings. The number of methoxy groups -OCH3 is 1. The molecule has 6 heteroatoms. The lowest BCUT2D eigenvalue weighted by atomic mass is 10.1. The molecule has 1 heterocycles. The molecule has 17 heavy (non-hydrogen) atoms. The van der Waals surface area contributed by atoms with Gasteiger partial charge in [0.15, 0.2) is 0 Å². The van der Waals surface area contributed by atoms with Crippen LogP contribution in [-0.4, -0.2) is 16.9 Å². The third kappa shape index (κ3) is 1.82. The van der Waals surface area contributed by atoms with Gasteiger partial charge >= 0.3 is 0 Å². The van der Waals surface area contributed by atoms with Crippen molar-refractivity contribution in [1.29, 1.82) is 0 Å². The average molecular weight is 239 g/mol. The minimum absolute atomic E-state index is 0.0813. The molecule has 2 N–H and O–H groups in total.